The fourth-order valence-electron chi connectivity index (χ4n) is 1.66. The summed E-state index contributed by atoms with van der Waals surface area (Å²) < 4.78 is 9.35. The quantitative estimate of drug-likeness (QED) is 0.807. The number of nitrogens with zero attached hydrogens (tertiary/aromatic N) is 2. The van der Waals surface area contributed by atoms with Crippen molar-refractivity contribution < 1.29 is 4.52 Å². The van der Waals surface area contributed by atoms with E-state index in [0.29, 0.717) is 11.8 Å². The molecule has 2 heterocycles. The smallest absolute Gasteiger partial charge is 0.129 e. The van der Waals surface area contributed by atoms with Crippen molar-refractivity contribution in [3.8, 4) is 10.6 Å². The Morgan fingerprint density at radius 3 is 2.44 bits per heavy atom. The van der Waals surface area contributed by atoms with E-state index >= 15 is 0 Å². The standard InChI is InChI=1S/C12H16N2OS/c1-7(2)9-5-13-16-12(9)11-10(8(3)4)6-15-14-11/h5-8H,1-4H3. The maximum atomic E-state index is 5.09. The second-order valence-corrected chi connectivity index (χ2v) is 5.34. The van der Waals surface area contributed by atoms with Gasteiger partial charge in [0.25, 0.3) is 0 Å². The summed E-state index contributed by atoms with van der Waals surface area (Å²) >= 11 is 1.49. The monoisotopic (exact) mass is 236 g/mol. The van der Waals surface area contributed by atoms with Gasteiger partial charge in [-0.25, -0.2) is 4.37 Å². The second-order valence-electron chi connectivity index (χ2n) is 4.54. The van der Waals surface area contributed by atoms with Gasteiger partial charge in [0.1, 0.15) is 12.0 Å². The van der Waals surface area contributed by atoms with E-state index in [1.54, 1.807) is 6.26 Å². The van der Waals surface area contributed by atoms with Crippen LogP contribution in [-0.4, -0.2) is 9.53 Å². The first-order valence-electron chi connectivity index (χ1n) is 5.50. The van der Waals surface area contributed by atoms with Gasteiger partial charge in [0.15, 0.2) is 0 Å². The van der Waals surface area contributed by atoms with E-state index in [-0.39, 0.29) is 0 Å². The average Bonchev–Trinajstić information content (AvgIpc) is 2.85. The van der Waals surface area contributed by atoms with Crippen molar-refractivity contribution in [3.63, 3.8) is 0 Å². The molecule has 4 heteroatoms. The second kappa shape index (κ2) is 4.37. The minimum absolute atomic E-state index is 0.420. The predicted molar refractivity (Wildman–Crippen MR) is 65.8 cm³/mol. The highest BCUT2D eigenvalue weighted by Crippen LogP contribution is 2.35. The summed E-state index contributed by atoms with van der Waals surface area (Å²) in [6.45, 7) is 8.63. The van der Waals surface area contributed by atoms with Gasteiger partial charge in [0, 0.05) is 11.8 Å². The third kappa shape index (κ3) is 1.89. The van der Waals surface area contributed by atoms with Crippen LogP contribution in [0.15, 0.2) is 17.0 Å². The topological polar surface area (TPSA) is 38.9 Å². The van der Waals surface area contributed by atoms with Crippen molar-refractivity contribution in [1.82, 2.24) is 9.53 Å². The normalized spacial score (nSPS) is 11.6. The molecule has 0 unspecified atom stereocenters. The first kappa shape index (κ1) is 11.3. The van der Waals surface area contributed by atoms with E-state index in [9.17, 15) is 0 Å². The molecule has 2 aromatic rings. The summed E-state index contributed by atoms with van der Waals surface area (Å²) in [6.07, 6.45) is 3.67. The third-order valence-electron chi connectivity index (χ3n) is 2.65. The molecule has 0 aliphatic heterocycles. The molecule has 16 heavy (non-hydrogen) atoms. The molecule has 0 aliphatic rings. The van der Waals surface area contributed by atoms with Gasteiger partial charge in [0.2, 0.25) is 0 Å². The fraction of sp³-hybridized carbons (Fsp3) is 0.500. The van der Waals surface area contributed by atoms with Gasteiger partial charge in [-0.1, -0.05) is 32.9 Å². The van der Waals surface area contributed by atoms with Crippen LogP contribution < -0.4 is 0 Å². The number of hydrogen-bond donors (Lipinski definition) is 0. The van der Waals surface area contributed by atoms with Crippen LogP contribution in [0, 0.1) is 0 Å². The number of rotatable bonds is 3. The highest BCUT2D eigenvalue weighted by Gasteiger charge is 2.19. The third-order valence-corrected chi connectivity index (χ3v) is 3.48. The van der Waals surface area contributed by atoms with Gasteiger partial charge in [-0.3, -0.25) is 0 Å². The fourth-order valence-corrected chi connectivity index (χ4v) is 2.57. The average molecular weight is 236 g/mol. The predicted octanol–water partition coefficient (Wildman–Crippen LogP) is 4.04. The van der Waals surface area contributed by atoms with E-state index in [1.807, 2.05) is 6.20 Å². The zero-order valence-corrected chi connectivity index (χ0v) is 10.8. The highest BCUT2D eigenvalue weighted by atomic mass is 32.1. The first-order valence-corrected chi connectivity index (χ1v) is 6.27. The van der Waals surface area contributed by atoms with Crippen molar-refractivity contribution in [1.29, 1.82) is 0 Å². The Morgan fingerprint density at radius 1 is 1.12 bits per heavy atom. The lowest BCUT2D eigenvalue weighted by atomic mass is 9.99. The Hall–Kier alpha value is -1.16. The molecule has 0 spiro atoms. The van der Waals surface area contributed by atoms with Gasteiger partial charge in [-0.2, -0.15) is 0 Å². The van der Waals surface area contributed by atoms with Crippen molar-refractivity contribution in [2.45, 2.75) is 39.5 Å². The molecule has 0 N–H and O–H groups in total. The minimum Gasteiger partial charge on any atom is -0.364 e. The molecule has 0 bridgehead atoms. The molecule has 0 fully saturated rings. The van der Waals surface area contributed by atoms with E-state index in [0.717, 1.165) is 16.1 Å². The highest BCUT2D eigenvalue weighted by molar-refractivity contribution is 7.09. The maximum Gasteiger partial charge on any atom is 0.129 e. The van der Waals surface area contributed by atoms with Crippen LogP contribution >= 0.6 is 11.5 Å². The Labute approximate surface area is 99.6 Å². The summed E-state index contributed by atoms with van der Waals surface area (Å²) in [4.78, 5) is 1.15. The Balaban J connectivity index is 2.50. The largest absolute Gasteiger partial charge is 0.364 e. The van der Waals surface area contributed by atoms with E-state index in [1.165, 1.54) is 17.1 Å². The van der Waals surface area contributed by atoms with E-state index in [4.69, 9.17) is 4.52 Å². The maximum absolute atomic E-state index is 5.09. The molecular weight excluding hydrogens is 220 g/mol. The van der Waals surface area contributed by atoms with Crippen molar-refractivity contribution in [2.75, 3.05) is 0 Å². The lowest BCUT2D eigenvalue weighted by Crippen LogP contribution is -1.92. The Kier molecular flexibility index (Phi) is 3.10. The molecule has 0 aliphatic carbocycles. The molecule has 0 saturated carbocycles. The minimum atomic E-state index is 0.420. The van der Waals surface area contributed by atoms with Gasteiger partial charge in [-0.15, -0.1) is 0 Å². The molecular formula is C12H16N2OS. The van der Waals surface area contributed by atoms with Gasteiger partial charge in [0.05, 0.1) is 4.88 Å². The number of hydrogen-bond acceptors (Lipinski definition) is 4. The lowest BCUT2D eigenvalue weighted by Gasteiger charge is -2.06. The van der Waals surface area contributed by atoms with E-state index in [2.05, 4.69) is 37.2 Å². The van der Waals surface area contributed by atoms with Crippen LogP contribution in [0.25, 0.3) is 10.6 Å². The summed E-state index contributed by atoms with van der Waals surface area (Å²) in [5, 5.41) is 4.12. The Bertz CT molecular complexity index is 427. The van der Waals surface area contributed by atoms with Crippen molar-refractivity contribution in [2.24, 2.45) is 0 Å². The Morgan fingerprint density at radius 2 is 1.81 bits per heavy atom. The molecule has 2 rings (SSSR count). The van der Waals surface area contributed by atoms with Crippen molar-refractivity contribution in [3.05, 3.63) is 23.6 Å². The van der Waals surface area contributed by atoms with Crippen LogP contribution in [-0.2, 0) is 0 Å². The van der Waals surface area contributed by atoms with Crippen molar-refractivity contribution >= 4 is 11.5 Å². The first-order chi connectivity index (χ1) is 7.61. The molecule has 3 nitrogen and oxygen atoms in total. The molecule has 2 aromatic heterocycles. The zero-order chi connectivity index (χ0) is 11.7. The van der Waals surface area contributed by atoms with Gasteiger partial charge < -0.3 is 4.52 Å². The summed E-state index contributed by atoms with van der Waals surface area (Å²) in [7, 11) is 0. The SMILES string of the molecule is CC(C)c1conc1-c1sncc1C(C)C. The zero-order valence-electron chi connectivity index (χ0n) is 10.0. The van der Waals surface area contributed by atoms with Crippen LogP contribution in [0.1, 0.15) is 50.7 Å². The van der Waals surface area contributed by atoms with Crippen LogP contribution in [0.3, 0.4) is 0 Å². The molecule has 0 aromatic carbocycles. The summed E-state index contributed by atoms with van der Waals surface area (Å²) in [5.41, 5.74) is 3.37. The number of aromatic nitrogens is 2. The summed E-state index contributed by atoms with van der Waals surface area (Å²) in [5.74, 6) is 0.883. The van der Waals surface area contributed by atoms with Crippen LogP contribution in [0.2, 0.25) is 0 Å². The molecule has 0 saturated heterocycles. The molecule has 86 valence electrons. The van der Waals surface area contributed by atoms with Gasteiger partial charge >= 0.3 is 0 Å². The molecule has 0 atom stereocenters. The van der Waals surface area contributed by atoms with Gasteiger partial charge in [-0.05, 0) is 28.9 Å². The lowest BCUT2D eigenvalue weighted by molar-refractivity contribution is 0.421. The molecule has 0 amide bonds. The van der Waals surface area contributed by atoms with E-state index < -0.39 is 0 Å². The van der Waals surface area contributed by atoms with Crippen LogP contribution in [0.5, 0.6) is 0 Å². The van der Waals surface area contributed by atoms with Crippen LogP contribution in [0.4, 0.5) is 0 Å². The molecule has 0 radical (unpaired) electrons. The summed E-state index contributed by atoms with van der Waals surface area (Å²) in [6, 6.07) is 0.